The van der Waals surface area contributed by atoms with Crippen LogP contribution in [0.1, 0.15) is 22.3 Å². The van der Waals surface area contributed by atoms with E-state index >= 15 is 0 Å². The van der Waals surface area contributed by atoms with Gasteiger partial charge >= 0.3 is 0 Å². The molecule has 74 valence electrons. The average Bonchev–Trinajstić information content (AvgIpc) is 2.79. The number of aryl methyl sites for hydroxylation is 1. The first-order chi connectivity index (χ1) is 6.81. The average molecular weight is 209 g/mol. The van der Waals surface area contributed by atoms with E-state index in [0.29, 0.717) is 0 Å². The van der Waals surface area contributed by atoms with E-state index in [1.54, 1.807) is 23.7 Å². The van der Waals surface area contributed by atoms with Gasteiger partial charge in [0.05, 0.1) is 22.9 Å². The maximum absolute atomic E-state index is 5.48. The second-order valence-electron chi connectivity index (χ2n) is 2.92. The molecule has 1 atom stereocenters. The van der Waals surface area contributed by atoms with E-state index in [4.69, 9.17) is 5.84 Å². The van der Waals surface area contributed by atoms with Crippen LogP contribution < -0.4 is 11.3 Å². The largest absolute Gasteiger partial charge is 0.285 e. The molecular formula is C8H11N5S. The van der Waals surface area contributed by atoms with Gasteiger partial charge in [-0.2, -0.15) is 5.10 Å². The number of hydrazine groups is 1. The molecule has 4 N–H and O–H groups in total. The van der Waals surface area contributed by atoms with Gasteiger partial charge < -0.3 is 0 Å². The SMILES string of the molecule is Cc1nc(C(NN)c2cn[nH]c2)cs1. The van der Waals surface area contributed by atoms with Crippen LogP contribution in [-0.2, 0) is 0 Å². The van der Waals surface area contributed by atoms with Crippen molar-refractivity contribution in [1.29, 1.82) is 0 Å². The molecule has 0 fully saturated rings. The van der Waals surface area contributed by atoms with Crippen LogP contribution in [0, 0.1) is 6.92 Å². The Kier molecular flexibility index (Phi) is 2.58. The van der Waals surface area contributed by atoms with Crippen LogP contribution in [0.25, 0.3) is 0 Å². The minimum atomic E-state index is -0.0845. The van der Waals surface area contributed by atoms with Crippen LogP contribution >= 0.6 is 11.3 Å². The number of nitrogens with one attached hydrogen (secondary N) is 2. The van der Waals surface area contributed by atoms with Crippen molar-refractivity contribution in [2.45, 2.75) is 13.0 Å². The second-order valence-corrected chi connectivity index (χ2v) is 3.98. The normalized spacial score (nSPS) is 13.0. The number of hydrogen-bond donors (Lipinski definition) is 3. The number of nitrogens with zero attached hydrogens (tertiary/aromatic N) is 2. The maximum Gasteiger partial charge on any atom is 0.0920 e. The summed E-state index contributed by atoms with van der Waals surface area (Å²) < 4.78 is 0. The molecule has 2 heterocycles. The lowest BCUT2D eigenvalue weighted by Gasteiger charge is -2.10. The summed E-state index contributed by atoms with van der Waals surface area (Å²) in [7, 11) is 0. The van der Waals surface area contributed by atoms with Gasteiger partial charge in [-0.15, -0.1) is 11.3 Å². The number of thiazole rings is 1. The first-order valence-corrected chi connectivity index (χ1v) is 5.06. The number of rotatable bonds is 3. The van der Waals surface area contributed by atoms with Crippen molar-refractivity contribution >= 4 is 11.3 Å². The Hall–Kier alpha value is -1.24. The predicted molar refractivity (Wildman–Crippen MR) is 54.6 cm³/mol. The molecule has 0 aromatic carbocycles. The molecule has 14 heavy (non-hydrogen) atoms. The molecule has 6 heteroatoms. The van der Waals surface area contributed by atoms with E-state index in [1.165, 1.54) is 0 Å². The van der Waals surface area contributed by atoms with E-state index < -0.39 is 0 Å². The minimum absolute atomic E-state index is 0.0845. The van der Waals surface area contributed by atoms with Crippen LogP contribution in [0.3, 0.4) is 0 Å². The van der Waals surface area contributed by atoms with Gasteiger partial charge in [-0.3, -0.25) is 10.9 Å². The predicted octanol–water partition coefficient (Wildman–Crippen LogP) is 0.727. The van der Waals surface area contributed by atoms with Crippen molar-refractivity contribution in [1.82, 2.24) is 20.6 Å². The van der Waals surface area contributed by atoms with Gasteiger partial charge in [-0.05, 0) is 6.92 Å². The zero-order valence-corrected chi connectivity index (χ0v) is 8.51. The molecule has 2 aromatic rings. The maximum atomic E-state index is 5.48. The van der Waals surface area contributed by atoms with Crippen molar-refractivity contribution in [2.75, 3.05) is 0 Å². The number of aromatic amines is 1. The summed E-state index contributed by atoms with van der Waals surface area (Å²) in [5.41, 5.74) is 4.63. The summed E-state index contributed by atoms with van der Waals surface area (Å²) >= 11 is 1.61. The van der Waals surface area contributed by atoms with Crippen LogP contribution in [0.2, 0.25) is 0 Å². The molecule has 0 bridgehead atoms. The monoisotopic (exact) mass is 209 g/mol. The Bertz CT molecular complexity index is 394. The highest BCUT2D eigenvalue weighted by Gasteiger charge is 2.15. The summed E-state index contributed by atoms with van der Waals surface area (Å²) in [5, 5.41) is 9.65. The Balaban J connectivity index is 2.31. The highest BCUT2D eigenvalue weighted by molar-refractivity contribution is 7.09. The van der Waals surface area contributed by atoms with Crippen LogP contribution in [0.15, 0.2) is 17.8 Å². The van der Waals surface area contributed by atoms with E-state index in [-0.39, 0.29) is 6.04 Å². The van der Waals surface area contributed by atoms with Crippen molar-refractivity contribution in [3.63, 3.8) is 0 Å². The zero-order valence-electron chi connectivity index (χ0n) is 7.69. The number of aromatic nitrogens is 3. The topological polar surface area (TPSA) is 79.6 Å². The lowest BCUT2D eigenvalue weighted by molar-refractivity contribution is 0.623. The second kappa shape index (κ2) is 3.87. The lowest BCUT2D eigenvalue weighted by atomic mass is 10.1. The van der Waals surface area contributed by atoms with Gasteiger partial charge in [0.15, 0.2) is 0 Å². The highest BCUT2D eigenvalue weighted by Crippen LogP contribution is 2.21. The van der Waals surface area contributed by atoms with Gasteiger partial charge in [0.1, 0.15) is 0 Å². The number of H-pyrrole nitrogens is 1. The summed E-state index contributed by atoms with van der Waals surface area (Å²) in [6.07, 6.45) is 3.54. The molecule has 0 amide bonds. The van der Waals surface area contributed by atoms with E-state index in [2.05, 4.69) is 20.6 Å². The van der Waals surface area contributed by atoms with E-state index in [1.807, 2.05) is 12.3 Å². The molecular weight excluding hydrogens is 198 g/mol. The lowest BCUT2D eigenvalue weighted by Crippen LogP contribution is -2.28. The first kappa shape index (κ1) is 9.32. The molecule has 1 unspecified atom stereocenters. The van der Waals surface area contributed by atoms with Crippen molar-refractivity contribution < 1.29 is 0 Å². The molecule has 5 nitrogen and oxygen atoms in total. The number of hydrogen-bond acceptors (Lipinski definition) is 5. The molecule has 0 aliphatic carbocycles. The number of nitrogens with two attached hydrogens (primary N) is 1. The smallest absolute Gasteiger partial charge is 0.0920 e. The standard InChI is InChI=1S/C8H11N5S/c1-5-12-7(4-14-5)8(13-9)6-2-10-11-3-6/h2-4,8,13H,9H2,1H3,(H,10,11). The summed E-state index contributed by atoms with van der Waals surface area (Å²) in [5.74, 6) is 5.48. The Morgan fingerprint density at radius 1 is 1.64 bits per heavy atom. The summed E-state index contributed by atoms with van der Waals surface area (Å²) in [6.45, 7) is 1.97. The first-order valence-electron chi connectivity index (χ1n) is 4.18. The summed E-state index contributed by atoms with van der Waals surface area (Å²) in [6, 6.07) is -0.0845. The third-order valence-corrected chi connectivity index (χ3v) is 2.74. The molecule has 0 aliphatic heterocycles. The summed E-state index contributed by atoms with van der Waals surface area (Å²) in [4.78, 5) is 4.37. The fourth-order valence-electron chi connectivity index (χ4n) is 1.28. The van der Waals surface area contributed by atoms with Crippen molar-refractivity contribution in [2.24, 2.45) is 5.84 Å². The molecule has 0 spiro atoms. The molecule has 0 saturated carbocycles. The van der Waals surface area contributed by atoms with Gasteiger partial charge in [0.2, 0.25) is 0 Å². The Morgan fingerprint density at radius 3 is 3.00 bits per heavy atom. The molecule has 2 rings (SSSR count). The van der Waals surface area contributed by atoms with E-state index in [0.717, 1.165) is 16.3 Å². The minimum Gasteiger partial charge on any atom is -0.285 e. The van der Waals surface area contributed by atoms with Crippen LogP contribution in [-0.4, -0.2) is 15.2 Å². The molecule has 0 aliphatic rings. The van der Waals surface area contributed by atoms with Gasteiger partial charge in [0, 0.05) is 17.1 Å². The van der Waals surface area contributed by atoms with Crippen LogP contribution in [0.5, 0.6) is 0 Å². The molecule has 0 saturated heterocycles. The van der Waals surface area contributed by atoms with E-state index in [9.17, 15) is 0 Å². The van der Waals surface area contributed by atoms with Crippen molar-refractivity contribution in [3.05, 3.63) is 34.0 Å². The van der Waals surface area contributed by atoms with Gasteiger partial charge in [-0.1, -0.05) is 0 Å². The fourth-order valence-corrected chi connectivity index (χ4v) is 1.92. The molecule has 0 radical (unpaired) electrons. The highest BCUT2D eigenvalue weighted by atomic mass is 32.1. The van der Waals surface area contributed by atoms with Crippen molar-refractivity contribution in [3.8, 4) is 0 Å². The quantitative estimate of drug-likeness (QED) is 0.514. The Labute approximate surface area is 85.3 Å². The fraction of sp³-hybridized carbons (Fsp3) is 0.250. The molecule has 2 aromatic heterocycles. The Morgan fingerprint density at radius 2 is 2.50 bits per heavy atom. The third-order valence-electron chi connectivity index (χ3n) is 1.95. The van der Waals surface area contributed by atoms with Crippen LogP contribution in [0.4, 0.5) is 0 Å². The third kappa shape index (κ3) is 1.67. The zero-order chi connectivity index (χ0) is 9.97. The van der Waals surface area contributed by atoms with Gasteiger partial charge in [0.25, 0.3) is 0 Å². The van der Waals surface area contributed by atoms with Gasteiger partial charge in [-0.25, -0.2) is 10.4 Å².